The molecule has 8 heteroatoms. The molecule has 0 aliphatic heterocycles. The van der Waals surface area contributed by atoms with Gasteiger partial charge in [-0.05, 0) is 0 Å². The molecule has 0 radical (unpaired) electrons. The second-order valence-corrected chi connectivity index (χ2v) is 2.56. The Balaban J connectivity index is 3.88. The van der Waals surface area contributed by atoms with Crippen LogP contribution in [0.25, 0.3) is 0 Å². The van der Waals surface area contributed by atoms with Gasteiger partial charge in [0.25, 0.3) is 0 Å². The van der Waals surface area contributed by atoms with Crippen LogP contribution in [0.2, 0.25) is 0 Å². The quantitative estimate of drug-likeness (QED) is 0.388. The number of hydrogen-bond donors (Lipinski definition) is 4. The molecule has 0 aliphatic rings. The molecular formula is C8H10N2O6. The summed E-state index contributed by atoms with van der Waals surface area (Å²) in [6.07, 6.45) is 1.61. The lowest BCUT2D eigenvalue weighted by Gasteiger charge is -1.97. The van der Waals surface area contributed by atoms with Crippen LogP contribution < -0.4 is 10.6 Å². The highest BCUT2D eigenvalue weighted by Crippen LogP contribution is 1.75. The number of hydrogen-bond acceptors (Lipinski definition) is 4. The Bertz CT molecular complexity index is 303. The van der Waals surface area contributed by atoms with Gasteiger partial charge in [0.1, 0.15) is 13.1 Å². The highest BCUT2D eigenvalue weighted by Gasteiger charge is 2.02. The van der Waals surface area contributed by atoms with Crippen LogP contribution in [-0.2, 0) is 19.2 Å². The molecule has 0 aromatic heterocycles. The van der Waals surface area contributed by atoms with Crippen molar-refractivity contribution in [2.24, 2.45) is 0 Å². The third-order valence-electron chi connectivity index (χ3n) is 1.21. The SMILES string of the molecule is O=C(O)CNC(=O)/C=C/C(=O)NCC(=O)O. The maximum atomic E-state index is 10.8. The average molecular weight is 230 g/mol. The predicted molar refractivity (Wildman–Crippen MR) is 50.4 cm³/mol. The molecule has 0 bridgehead atoms. The summed E-state index contributed by atoms with van der Waals surface area (Å²) in [5.41, 5.74) is 0. The minimum absolute atomic E-state index is 0.556. The standard InChI is InChI=1S/C8H10N2O6/c11-5(9-3-7(13)14)1-2-6(12)10-4-8(15)16/h1-2H,3-4H2,(H,9,11)(H,10,12)(H,13,14)(H,15,16)/b2-1+. The first-order valence-corrected chi connectivity index (χ1v) is 4.09. The summed E-state index contributed by atoms with van der Waals surface area (Å²) in [7, 11) is 0. The molecule has 0 saturated carbocycles. The third-order valence-corrected chi connectivity index (χ3v) is 1.21. The minimum Gasteiger partial charge on any atom is -0.480 e. The van der Waals surface area contributed by atoms with Crippen molar-refractivity contribution in [1.82, 2.24) is 10.6 Å². The molecule has 4 N–H and O–H groups in total. The average Bonchev–Trinajstić information content (AvgIpc) is 2.20. The molecule has 0 aromatic carbocycles. The topological polar surface area (TPSA) is 133 Å². The number of carbonyl (C=O) groups is 4. The van der Waals surface area contributed by atoms with Crippen LogP contribution in [0.3, 0.4) is 0 Å². The molecule has 0 atom stereocenters. The third kappa shape index (κ3) is 8.23. The molecule has 0 heterocycles. The molecule has 8 nitrogen and oxygen atoms in total. The Labute approximate surface area is 89.9 Å². The Kier molecular flexibility index (Phi) is 5.95. The van der Waals surface area contributed by atoms with Gasteiger partial charge in [0.05, 0.1) is 0 Å². The van der Waals surface area contributed by atoms with Crippen molar-refractivity contribution in [2.45, 2.75) is 0 Å². The van der Waals surface area contributed by atoms with Gasteiger partial charge in [-0.2, -0.15) is 0 Å². The first-order valence-electron chi connectivity index (χ1n) is 4.09. The van der Waals surface area contributed by atoms with Gasteiger partial charge >= 0.3 is 11.9 Å². The minimum atomic E-state index is -1.21. The number of carbonyl (C=O) groups excluding carboxylic acids is 2. The van der Waals surface area contributed by atoms with Crippen molar-refractivity contribution in [1.29, 1.82) is 0 Å². The zero-order valence-corrected chi connectivity index (χ0v) is 8.10. The van der Waals surface area contributed by atoms with Gasteiger partial charge in [0.2, 0.25) is 11.8 Å². The van der Waals surface area contributed by atoms with Crippen LogP contribution in [0.15, 0.2) is 12.2 Å². The maximum absolute atomic E-state index is 10.8. The number of amides is 2. The van der Waals surface area contributed by atoms with E-state index < -0.39 is 36.8 Å². The Hall–Kier alpha value is -2.38. The van der Waals surface area contributed by atoms with Crippen molar-refractivity contribution in [2.75, 3.05) is 13.1 Å². The van der Waals surface area contributed by atoms with Gasteiger partial charge < -0.3 is 20.8 Å². The lowest BCUT2D eigenvalue weighted by Crippen LogP contribution is -2.29. The maximum Gasteiger partial charge on any atom is 0.322 e. The largest absolute Gasteiger partial charge is 0.480 e. The van der Waals surface area contributed by atoms with Gasteiger partial charge in [-0.1, -0.05) is 0 Å². The van der Waals surface area contributed by atoms with Crippen molar-refractivity contribution >= 4 is 23.8 Å². The fourth-order valence-corrected chi connectivity index (χ4v) is 0.595. The second-order valence-electron chi connectivity index (χ2n) is 2.56. The Morgan fingerprint density at radius 2 is 1.12 bits per heavy atom. The van der Waals surface area contributed by atoms with Gasteiger partial charge in [0, 0.05) is 12.2 Å². The van der Waals surface area contributed by atoms with E-state index in [1.165, 1.54) is 0 Å². The van der Waals surface area contributed by atoms with Gasteiger partial charge in [-0.15, -0.1) is 0 Å². The molecule has 0 fully saturated rings. The number of aliphatic carboxylic acids is 2. The van der Waals surface area contributed by atoms with Crippen molar-refractivity contribution < 1.29 is 29.4 Å². The first-order chi connectivity index (χ1) is 7.41. The molecule has 2 amide bonds. The van der Waals surface area contributed by atoms with Crippen LogP contribution in [0.4, 0.5) is 0 Å². The molecule has 0 saturated heterocycles. The summed E-state index contributed by atoms with van der Waals surface area (Å²) < 4.78 is 0. The lowest BCUT2D eigenvalue weighted by atomic mass is 10.4. The monoisotopic (exact) mass is 230 g/mol. The fraction of sp³-hybridized carbons (Fsp3) is 0.250. The van der Waals surface area contributed by atoms with E-state index in [9.17, 15) is 19.2 Å². The molecule has 0 unspecified atom stereocenters. The van der Waals surface area contributed by atoms with Gasteiger partial charge in [-0.25, -0.2) is 0 Å². The van der Waals surface area contributed by atoms with Crippen molar-refractivity contribution in [3.8, 4) is 0 Å². The fourth-order valence-electron chi connectivity index (χ4n) is 0.595. The zero-order valence-electron chi connectivity index (χ0n) is 8.10. The molecule has 0 aliphatic carbocycles. The van der Waals surface area contributed by atoms with E-state index in [0.717, 1.165) is 12.2 Å². The van der Waals surface area contributed by atoms with E-state index in [1.54, 1.807) is 0 Å². The Morgan fingerprint density at radius 3 is 1.38 bits per heavy atom. The smallest absolute Gasteiger partial charge is 0.322 e. The highest BCUT2D eigenvalue weighted by molar-refractivity contribution is 5.98. The van der Waals surface area contributed by atoms with Crippen LogP contribution in [0, 0.1) is 0 Å². The number of rotatable bonds is 6. The molecule has 0 rings (SSSR count). The molecule has 0 aromatic rings. The van der Waals surface area contributed by atoms with E-state index >= 15 is 0 Å². The number of nitrogens with one attached hydrogen (secondary N) is 2. The Morgan fingerprint density at radius 1 is 0.812 bits per heavy atom. The summed E-state index contributed by atoms with van der Waals surface area (Å²) in [5.74, 6) is -3.94. The number of carboxylic acids is 2. The summed E-state index contributed by atoms with van der Waals surface area (Å²) in [5, 5.41) is 20.4. The normalized spacial score (nSPS) is 9.75. The summed E-state index contributed by atoms with van der Waals surface area (Å²) in [6.45, 7) is -1.11. The lowest BCUT2D eigenvalue weighted by molar-refractivity contribution is -0.138. The predicted octanol–water partition coefficient (Wildman–Crippen LogP) is -2.06. The van der Waals surface area contributed by atoms with Crippen molar-refractivity contribution in [3.05, 3.63) is 12.2 Å². The summed E-state index contributed by atoms with van der Waals surface area (Å²) >= 11 is 0. The van der Waals surface area contributed by atoms with Crippen LogP contribution in [0.1, 0.15) is 0 Å². The van der Waals surface area contributed by atoms with E-state index in [2.05, 4.69) is 0 Å². The van der Waals surface area contributed by atoms with Gasteiger partial charge in [0.15, 0.2) is 0 Å². The number of carboxylic acid groups (broad SMARTS) is 2. The van der Waals surface area contributed by atoms with Crippen LogP contribution in [-0.4, -0.2) is 47.1 Å². The van der Waals surface area contributed by atoms with Crippen LogP contribution in [0.5, 0.6) is 0 Å². The molecule has 88 valence electrons. The first kappa shape index (κ1) is 13.6. The van der Waals surface area contributed by atoms with Gasteiger partial charge in [-0.3, -0.25) is 19.2 Å². The molecular weight excluding hydrogens is 220 g/mol. The van der Waals surface area contributed by atoms with Crippen molar-refractivity contribution in [3.63, 3.8) is 0 Å². The molecule has 16 heavy (non-hydrogen) atoms. The highest BCUT2D eigenvalue weighted by atomic mass is 16.4. The summed E-state index contributed by atoms with van der Waals surface area (Å²) in [6, 6.07) is 0. The second kappa shape index (κ2) is 6.98. The van der Waals surface area contributed by atoms with Crippen LogP contribution >= 0.6 is 0 Å². The van der Waals surface area contributed by atoms with E-state index in [4.69, 9.17) is 10.2 Å². The molecule has 0 spiro atoms. The van der Waals surface area contributed by atoms with E-state index in [-0.39, 0.29) is 0 Å². The van der Waals surface area contributed by atoms with E-state index in [0.29, 0.717) is 0 Å². The summed E-state index contributed by atoms with van der Waals surface area (Å²) in [4.78, 5) is 41.7. The zero-order chi connectivity index (χ0) is 12.6. The van der Waals surface area contributed by atoms with E-state index in [1.807, 2.05) is 10.6 Å².